The average molecular weight is 477 g/mol. The number of hydrazine groups is 1. The number of halogens is 1. The van der Waals surface area contributed by atoms with Gasteiger partial charge in [-0.25, -0.2) is 22.8 Å². The molecule has 3 rings (SSSR count). The van der Waals surface area contributed by atoms with Gasteiger partial charge in [0.2, 0.25) is 11.7 Å². The molecule has 13 heteroatoms. The molecule has 0 aliphatic rings. The van der Waals surface area contributed by atoms with Crippen LogP contribution in [0.25, 0.3) is 0 Å². The highest BCUT2D eigenvalue weighted by molar-refractivity contribution is 7.89. The predicted octanol–water partition coefficient (Wildman–Crippen LogP) is 0.0173. The van der Waals surface area contributed by atoms with Crippen LogP contribution in [0.1, 0.15) is 17.0 Å². The fraction of sp³-hybridized carbons (Fsp3) is 0.200. The van der Waals surface area contributed by atoms with Gasteiger partial charge < -0.3 is 5.32 Å². The van der Waals surface area contributed by atoms with Gasteiger partial charge in [0.1, 0.15) is 23.0 Å². The lowest BCUT2D eigenvalue weighted by Crippen LogP contribution is -2.38. The van der Waals surface area contributed by atoms with E-state index >= 15 is 0 Å². The second-order valence-electron chi connectivity index (χ2n) is 7.14. The molecule has 0 aliphatic carbocycles. The molecule has 0 spiro atoms. The van der Waals surface area contributed by atoms with Crippen molar-refractivity contribution in [3.05, 3.63) is 75.7 Å². The number of pyridine rings is 1. The Hall–Kier alpha value is -3.84. The molecule has 174 valence electrons. The number of nitrogens with zero attached hydrogens (tertiary/aromatic N) is 2. The summed E-state index contributed by atoms with van der Waals surface area (Å²) in [6.45, 7) is 3.29. The Morgan fingerprint density at radius 2 is 1.94 bits per heavy atom. The molecule has 11 nitrogen and oxygen atoms in total. The Morgan fingerprint density at radius 1 is 1.21 bits per heavy atom. The third-order valence-corrected chi connectivity index (χ3v) is 6.02. The van der Waals surface area contributed by atoms with E-state index in [1.54, 1.807) is 19.1 Å². The van der Waals surface area contributed by atoms with Crippen LogP contribution < -0.4 is 31.9 Å². The molecule has 0 saturated heterocycles. The van der Waals surface area contributed by atoms with Gasteiger partial charge in [-0.2, -0.15) is 0 Å². The van der Waals surface area contributed by atoms with Crippen LogP contribution in [-0.4, -0.2) is 23.9 Å². The predicted molar refractivity (Wildman–Crippen MR) is 118 cm³/mol. The van der Waals surface area contributed by atoms with Crippen LogP contribution >= 0.6 is 0 Å². The number of carbonyl (C=O) groups excluding carboxylic acids is 1. The summed E-state index contributed by atoms with van der Waals surface area (Å²) in [4.78, 5) is 33.3. The minimum absolute atomic E-state index is 0.216. The van der Waals surface area contributed by atoms with Gasteiger partial charge in [-0.05, 0) is 32.0 Å². The summed E-state index contributed by atoms with van der Waals surface area (Å²) in [5.41, 5.74) is 9.12. The fourth-order valence-corrected chi connectivity index (χ4v) is 3.85. The zero-order chi connectivity index (χ0) is 24.2. The number of hydrogen-bond donors (Lipinski definition) is 4. The molecular formula is C20H23FN7O4S+. The van der Waals surface area contributed by atoms with Gasteiger partial charge in [-0.3, -0.25) is 25.3 Å². The highest BCUT2D eigenvalue weighted by Gasteiger charge is 2.20. The molecule has 0 unspecified atom stereocenters. The van der Waals surface area contributed by atoms with E-state index in [-0.39, 0.29) is 18.9 Å². The number of nitrogen functional groups attached to an aromatic ring is 1. The number of benzene rings is 1. The van der Waals surface area contributed by atoms with Crippen LogP contribution in [0.4, 0.5) is 16.0 Å². The molecule has 2 heterocycles. The molecule has 0 bridgehead atoms. The number of carbonyl (C=O) groups is 1. The van der Waals surface area contributed by atoms with Gasteiger partial charge in [-0.1, -0.05) is 12.1 Å². The van der Waals surface area contributed by atoms with E-state index < -0.39 is 32.2 Å². The first-order valence-corrected chi connectivity index (χ1v) is 11.2. The number of aromatic amines is 1. The highest BCUT2D eigenvalue weighted by atomic mass is 32.2. The van der Waals surface area contributed by atoms with Crippen LogP contribution in [0, 0.1) is 19.7 Å². The Balaban J connectivity index is 1.71. The van der Waals surface area contributed by atoms with Crippen molar-refractivity contribution in [2.45, 2.75) is 31.8 Å². The number of amides is 1. The number of nitrogens with one attached hydrogen (secondary N) is 4. The Morgan fingerprint density at radius 3 is 2.64 bits per heavy atom. The van der Waals surface area contributed by atoms with Gasteiger partial charge >= 0.3 is 0 Å². The van der Waals surface area contributed by atoms with Crippen molar-refractivity contribution in [1.82, 2.24) is 19.7 Å². The number of sulfonamides is 1. The van der Waals surface area contributed by atoms with Crippen LogP contribution in [0.15, 0.2) is 52.3 Å². The molecule has 6 N–H and O–H groups in total. The van der Waals surface area contributed by atoms with Crippen LogP contribution in [0.2, 0.25) is 0 Å². The topological polar surface area (TPSA) is 162 Å². The van der Waals surface area contributed by atoms with Crippen molar-refractivity contribution in [2.75, 3.05) is 11.2 Å². The minimum atomic E-state index is -4.31. The first-order chi connectivity index (χ1) is 15.6. The first kappa shape index (κ1) is 23.8. The van der Waals surface area contributed by atoms with E-state index in [0.717, 1.165) is 28.0 Å². The number of hydrogen-bond acceptors (Lipinski definition) is 7. The van der Waals surface area contributed by atoms with Crippen molar-refractivity contribution < 1.29 is 22.6 Å². The number of anilines is 2. The Kier molecular flexibility index (Phi) is 7.04. The zero-order valence-electron chi connectivity index (χ0n) is 17.8. The summed E-state index contributed by atoms with van der Waals surface area (Å²) in [7, 11) is -4.31. The van der Waals surface area contributed by atoms with Gasteiger partial charge in [0.25, 0.3) is 21.4 Å². The Labute approximate surface area is 188 Å². The smallest absolute Gasteiger partial charge is 0.295 e. The summed E-state index contributed by atoms with van der Waals surface area (Å²) in [5, 5.41) is 2.71. The number of aromatic nitrogens is 3. The number of rotatable bonds is 8. The van der Waals surface area contributed by atoms with E-state index in [1.807, 2.05) is 11.8 Å². The standard InChI is InChI=1S/C20H22FN7O4S/c1-12-9-24-19(26-27-33(31,32)16-6-4-3-5-15(16)21)20(30)28(12)11-18(29)23-10-14-7-8-17(22)25-13(14)2/h3-9,27H,10-11H2,1-2H3,(H2,22,25)(H,23,29)(H,24,26)/p+1. The van der Waals surface area contributed by atoms with Crippen molar-refractivity contribution in [1.29, 1.82) is 0 Å². The van der Waals surface area contributed by atoms with E-state index in [4.69, 9.17) is 5.73 Å². The molecule has 0 aliphatic heterocycles. The van der Waals surface area contributed by atoms with Gasteiger partial charge in [0.15, 0.2) is 0 Å². The third-order valence-electron chi connectivity index (χ3n) is 4.74. The molecule has 33 heavy (non-hydrogen) atoms. The average Bonchev–Trinajstić information content (AvgIpc) is 2.75. The monoisotopic (exact) mass is 476 g/mol. The maximum Gasteiger partial charge on any atom is 0.295 e. The lowest BCUT2D eigenvalue weighted by Gasteiger charge is -2.13. The number of H-pyrrole nitrogens is 1. The molecule has 1 aromatic carbocycles. The van der Waals surface area contributed by atoms with Gasteiger partial charge in [-0.15, -0.1) is 4.83 Å². The summed E-state index contributed by atoms with van der Waals surface area (Å²) in [6, 6.07) is 8.22. The van der Waals surface area contributed by atoms with Gasteiger partial charge in [0.05, 0.1) is 0 Å². The summed E-state index contributed by atoms with van der Waals surface area (Å²) < 4.78 is 39.6. The molecular weight excluding hydrogens is 453 g/mol. The maximum absolute atomic E-state index is 13.8. The molecule has 0 atom stereocenters. The van der Waals surface area contributed by atoms with Crippen LogP contribution in [-0.2, 0) is 27.9 Å². The largest absolute Gasteiger partial charge is 0.350 e. The van der Waals surface area contributed by atoms with Crippen molar-refractivity contribution in [3.63, 3.8) is 0 Å². The fourth-order valence-electron chi connectivity index (χ4n) is 2.92. The number of nitrogens with two attached hydrogens (primary N) is 1. The second kappa shape index (κ2) is 9.75. The SMILES string of the molecule is Cc1[nH+]c(N)ccc1CNC(=O)Cn1c(C)cnc(NNS(=O)(=O)c2ccccc2F)c1=O. The lowest BCUT2D eigenvalue weighted by molar-refractivity contribution is -0.371. The zero-order valence-corrected chi connectivity index (χ0v) is 18.7. The van der Waals surface area contributed by atoms with Crippen molar-refractivity contribution >= 4 is 27.6 Å². The van der Waals surface area contributed by atoms with E-state index in [1.165, 1.54) is 18.3 Å². The number of aryl methyl sites for hydroxylation is 2. The first-order valence-electron chi connectivity index (χ1n) is 9.71. The second-order valence-corrected chi connectivity index (χ2v) is 8.79. The maximum atomic E-state index is 13.8. The normalized spacial score (nSPS) is 11.2. The molecule has 3 aromatic rings. The van der Waals surface area contributed by atoms with E-state index in [2.05, 4.69) is 20.7 Å². The molecule has 1 amide bonds. The lowest BCUT2D eigenvalue weighted by atomic mass is 10.2. The summed E-state index contributed by atoms with van der Waals surface area (Å²) >= 11 is 0. The van der Waals surface area contributed by atoms with Crippen LogP contribution in [0.3, 0.4) is 0 Å². The minimum Gasteiger partial charge on any atom is -0.350 e. The van der Waals surface area contributed by atoms with Gasteiger partial charge in [0, 0.05) is 30.1 Å². The third kappa shape index (κ3) is 5.70. The molecule has 0 fully saturated rings. The molecule has 0 saturated carbocycles. The molecule has 2 aromatic heterocycles. The summed E-state index contributed by atoms with van der Waals surface area (Å²) in [6.07, 6.45) is 1.30. The van der Waals surface area contributed by atoms with Crippen LogP contribution in [0.5, 0.6) is 0 Å². The Bertz CT molecular complexity index is 1360. The van der Waals surface area contributed by atoms with E-state index in [0.29, 0.717) is 11.5 Å². The van der Waals surface area contributed by atoms with Crippen molar-refractivity contribution in [3.8, 4) is 0 Å². The quantitative estimate of drug-likeness (QED) is 0.333. The summed E-state index contributed by atoms with van der Waals surface area (Å²) in [5.74, 6) is -1.28. The molecule has 0 radical (unpaired) electrons. The van der Waals surface area contributed by atoms with E-state index in [9.17, 15) is 22.4 Å². The highest BCUT2D eigenvalue weighted by Crippen LogP contribution is 2.13. The van der Waals surface area contributed by atoms with Crippen molar-refractivity contribution in [2.24, 2.45) is 0 Å².